The van der Waals surface area contributed by atoms with E-state index in [2.05, 4.69) is 43.1 Å². The Morgan fingerprint density at radius 3 is 2.14 bits per heavy atom. The third-order valence-electron chi connectivity index (χ3n) is 3.04. The van der Waals surface area contributed by atoms with E-state index in [0.29, 0.717) is 5.58 Å². The van der Waals surface area contributed by atoms with E-state index in [-0.39, 0.29) is 12.4 Å². The van der Waals surface area contributed by atoms with Crippen LogP contribution < -0.4 is 5.73 Å². The average Bonchev–Trinajstić information content (AvgIpc) is 2.94. The van der Waals surface area contributed by atoms with Crippen molar-refractivity contribution in [2.45, 2.75) is 20.0 Å². The van der Waals surface area contributed by atoms with Crippen LogP contribution in [0.3, 0.4) is 0 Å². The van der Waals surface area contributed by atoms with E-state index in [1.807, 2.05) is 18.2 Å². The second kappa shape index (κ2) is 7.02. The maximum absolute atomic E-state index is 9.35. The van der Waals surface area contributed by atoms with Gasteiger partial charge in [0.05, 0.1) is 0 Å². The van der Waals surface area contributed by atoms with Crippen LogP contribution in [0.2, 0.25) is 0 Å². The maximum Gasteiger partial charge on any atom is 0.225 e. The van der Waals surface area contributed by atoms with Crippen molar-refractivity contribution in [3.63, 3.8) is 0 Å². The number of nitrogens with zero attached hydrogens (tertiary/aromatic N) is 1. The van der Waals surface area contributed by atoms with Crippen molar-refractivity contribution < 1.29 is 9.52 Å². The van der Waals surface area contributed by atoms with Crippen molar-refractivity contribution in [1.29, 1.82) is 0 Å². The Hall–Kier alpha value is -2.17. The number of hydrogen-bond acceptors (Lipinski definition) is 4. The molecule has 4 nitrogen and oxygen atoms in total. The van der Waals surface area contributed by atoms with E-state index < -0.39 is 6.10 Å². The number of rotatable bonds is 2. The van der Waals surface area contributed by atoms with Gasteiger partial charge in [-0.15, -0.1) is 0 Å². The summed E-state index contributed by atoms with van der Waals surface area (Å²) in [5, 5.41) is 9.35. The lowest BCUT2D eigenvalue weighted by atomic mass is 10.2. The molecular weight excluding hydrogens is 264 g/mol. The molecule has 2 aromatic carbocycles. The molecule has 3 rings (SSSR count). The van der Waals surface area contributed by atoms with Gasteiger partial charge < -0.3 is 15.3 Å². The Balaban J connectivity index is 0.000000173. The van der Waals surface area contributed by atoms with E-state index in [1.165, 1.54) is 11.1 Å². The third kappa shape index (κ3) is 4.15. The minimum atomic E-state index is -0.813. The van der Waals surface area contributed by atoms with Crippen molar-refractivity contribution in [3.8, 4) is 0 Å². The summed E-state index contributed by atoms with van der Waals surface area (Å²) in [4.78, 5) is 4.09. The molecule has 3 aromatic rings. The summed E-state index contributed by atoms with van der Waals surface area (Å²) >= 11 is 0. The van der Waals surface area contributed by atoms with Crippen LogP contribution in [-0.4, -0.2) is 16.6 Å². The van der Waals surface area contributed by atoms with Crippen LogP contribution in [0.15, 0.2) is 52.9 Å². The second-order valence-corrected chi connectivity index (χ2v) is 4.93. The quantitative estimate of drug-likeness (QED) is 0.758. The van der Waals surface area contributed by atoms with Gasteiger partial charge in [0.15, 0.2) is 5.58 Å². The molecule has 0 bridgehead atoms. The summed E-state index contributed by atoms with van der Waals surface area (Å²) < 4.78 is 5.28. The van der Waals surface area contributed by atoms with Crippen LogP contribution >= 0.6 is 0 Å². The number of aliphatic hydroxyl groups is 1. The van der Waals surface area contributed by atoms with Gasteiger partial charge in [-0.2, -0.15) is 0 Å². The molecule has 0 fully saturated rings. The van der Waals surface area contributed by atoms with E-state index in [0.717, 1.165) is 5.52 Å². The average molecular weight is 284 g/mol. The van der Waals surface area contributed by atoms with Crippen molar-refractivity contribution >= 4 is 11.1 Å². The number of aryl methyl sites for hydroxylation is 2. The lowest BCUT2D eigenvalue weighted by molar-refractivity contribution is 0.154. The van der Waals surface area contributed by atoms with E-state index in [9.17, 15) is 5.11 Å². The number of nitrogens with two attached hydrogens (primary N) is 1. The lowest BCUT2D eigenvalue weighted by Crippen LogP contribution is -2.11. The van der Waals surface area contributed by atoms with Gasteiger partial charge in [-0.05, 0) is 26.0 Å². The molecule has 0 saturated heterocycles. The monoisotopic (exact) mass is 284 g/mol. The predicted octanol–water partition coefficient (Wildman–Crippen LogP) is 3.12. The van der Waals surface area contributed by atoms with Gasteiger partial charge in [0.2, 0.25) is 5.89 Å². The highest BCUT2D eigenvalue weighted by Crippen LogP contribution is 2.18. The van der Waals surface area contributed by atoms with E-state index >= 15 is 0 Å². The number of hydrogen-bond donors (Lipinski definition) is 2. The van der Waals surface area contributed by atoms with Crippen molar-refractivity contribution in [2.24, 2.45) is 5.73 Å². The summed E-state index contributed by atoms with van der Waals surface area (Å²) in [5.74, 6) is 0.281. The zero-order valence-corrected chi connectivity index (χ0v) is 12.3. The van der Waals surface area contributed by atoms with Crippen LogP contribution in [0.4, 0.5) is 0 Å². The summed E-state index contributed by atoms with van der Waals surface area (Å²) in [6, 6.07) is 15.8. The van der Waals surface area contributed by atoms with Gasteiger partial charge >= 0.3 is 0 Å². The normalized spacial score (nSPS) is 11.8. The third-order valence-corrected chi connectivity index (χ3v) is 3.04. The number of benzene rings is 2. The van der Waals surface area contributed by atoms with Gasteiger partial charge in [-0.25, -0.2) is 4.98 Å². The Morgan fingerprint density at radius 2 is 1.62 bits per heavy atom. The van der Waals surface area contributed by atoms with Crippen LogP contribution in [0.25, 0.3) is 11.1 Å². The van der Waals surface area contributed by atoms with E-state index in [1.54, 1.807) is 6.07 Å². The molecule has 110 valence electrons. The van der Waals surface area contributed by atoms with Gasteiger partial charge in [0.1, 0.15) is 11.6 Å². The molecule has 0 aliphatic heterocycles. The summed E-state index contributed by atoms with van der Waals surface area (Å²) in [5.41, 5.74) is 9.35. The Morgan fingerprint density at radius 1 is 1.05 bits per heavy atom. The molecule has 0 radical (unpaired) electrons. The van der Waals surface area contributed by atoms with Crippen LogP contribution in [0, 0.1) is 13.8 Å². The van der Waals surface area contributed by atoms with Gasteiger partial charge in [-0.1, -0.05) is 47.5 Å². The number of fused-ring (bicyclic) bond motifs is 1. The van der Waals surface area contributed by atoms with Crippen LogP contribution in [0.5, 0.6) is 0 Å². The molecule has 0 saturated carbocycles. The van der Waals surface area contributed by atoms with Crippen LogP contribution in [0.1, 0.15) is 23.1 Å². The maximum atomic E-state index is 9.35. The minimum Gasteiger partial charge on any atom is -0.438 e. The van der Waals surface area contributed by atoms with Crippen molar-refractivity contribution in [2.75, 3.05) is 6.54 Å². The highest BCUT2D eigenvalue weighted by molar-refractivity contribution is 5.72. The lowest BCUT2D eigenvalue weighted by Gasteiger charge is -1.99. The molecule has 0 aliphatic carbocycles. The second-order valence-electron chi connectivity index (χ2n) is 4.93. The Bertz CT molecular complexity index is 635. The van der Waals surface area contributed by atoms with Crippen LogP contribution in [-0.2, 0) is 0 Å². The first kappa shape index (κ1) is 15.2. The molecule has 1 unspecified atom stereocenters. The number of aromatic nitrogens is 1. The molecule has 21 heavy (non-hydrogen) atoms. The zero-order chi connectivity index (χ0) is 15.2. The fraction of sp³-hybridized carbons (Fsp3) is 0.235. The molecule has 0 aliphatic rings. The molecule has 1 heterocycles. The largest absolute Gasteiger partial charge is 0.438 e. The first-order chi connectivity index (χ1) is 10.1. The molecule has 4 heteroatoms. The van der Waals surface area contributed by atoms with Crippen molar-refractivity contribution in [1.82, 2.24) is 4.98 Å². The minimum absolute atomic E-state index is 0.118. The predicted molar refractivity (Wildman–Crippen MR) is 83.9 cm³/mol. The molecule has 1 aromatic heterocycles. The number of aliphatic hydroxyl groups excluding tert-OH is 1. The Labute approximate surface area is 124 Å². The SMILES string of the molecule is Cc1ccc(C)cc1.NCC(O)c1nc2ccccc2o1. The number of para-hydroxylation sites is 2. The first-order valence-corrected chi connectivity index (χ1v) is 6.87. The summed E-state index contributed by atoms with van der Waals surface area (Å²) in [7, 11) is 0. The Kier molecular flexibility index (Phi) is 5.09. The fourth-order valence-corrected chi connectivity index (χ4v) is 1.77. The van der Waals surface area contributed by atoms with Gasteiger partial charge in [0, 0.05) is 6.54 Å². The summed E-state index contributed by atoms with van der Waals surface area (Å²) in [6.45, 7) is 4.31. The molecule has 0 amide bonds. The smallest absolute Gasteiger partial charge is 0.225 e. The molecule has 1 atom stereocenters. The van der Waals surface area contributed by atoms with E-state index in [4.69, 9.17) is 10.2 Å². The first-order valence-electron chi connectivity index (χ1n) is 6.87. The summed E-state index contributed by atoms with van der Waals surface area (Å²) in [6.07, 6.45) is -0.813. The van der Waals surface area contributed by atoms with Gasteiger partial charge in [-0.3, -0.25) is 0 Å². The van der Waals surface area contributed by atoms with Crippen molar-refractivity contribution in [3.05, 3.63) is 65.5 Å². The van der Waals surface area contributed by atoms with Gasteiger partial charge in [0.25, 0.3) is 0 Å². The topological polar surface area (TPSA) is 72.3 Å². The molecule has 0 spiro atoms. The highest BCUT2D eigenvalue weighted by Gasteiger charge is 2.12. The standard InChI is InChI=1S/C9H10N2O2.C8H10/c10-5-7(12)9-11-6-3-1-2-4-8(6)13-9;1-7-3-5-8(2)6-4-7/h1-4,7,12H,5,10H2;3-6H,1-2H3. The molecule has 3 N–H and O–H groups in total. The fourth-order valence-electron chi connectivity index (χ4n) is 1.77. The molecular formula is C17H20N2O2. The zero-order valence-electron chi connectivity index (χ0n) is 12.3. The highest BCUT2D eigenvalue weighted by atomic mass is 16.4. The number of oxazole rings is 1.